The molecular weight excluding hydrogens is 386 g/mol. The first-order valence-corrected chi connectivity index (χ1v) is 12.3. The molecule has 0 aliphatic carbocycles. The van der Waals surface area contributed by atoms with Crippen LogP contribution in [-0.4, -0.2) is 52.3 Å². The first-order chi connectivity index (χ1) is 12.5. The van der Waals surface area contributed by atoms with Gasteiger partial charge < -0.3 is 20.0 Å². The number of nitrogens with two attached hydrogens (primary N) is 1. The van der Waals surface area contributed by atoms with Crippen molar-refractivity contribution in [2.45, 2.75) is 64.6 Å². The van der Waals surface area contributed by atoms with Crippen molar-refractivity contribution in [2.75, 3.05) is 18.9 Å². The van der Waals surface area contributed by atoms with Gasteiger partial charge in [0.2, 0.25) is 5.95 Å². The molecule has 0 bridgehead atoms. The fourth-order valence-electron chi connectivity index (χ4n) is 2.34. The zero-order valence-corrected chi connectivity index (χ0v) is 18.6. The number of fused-ring (bicyclic) bond motifs is 1. The maximum Gasteiger partial charge on any atom is 0.223 e. The maximum absolute atomic E-state index is 9.79. The minimum atomic E-state index is -1.93. The van der Waals surface area contributed by atoms with Crippen LogP contribution >= 0.6 is 11.6 Å². The highest BCUT2D eigenvalue weighted by Gasteiger charge is 2.37. The molecule has 8 nitrogen and oxygen atoms in total. The predicted octanol–water partition coefficient (Wildman–Crippen LogP) is 3.37. The largest absolute Gasteiger partial charge is 0.414 e. The maximum atomic E-state index is 9.79. The summed E-state index contributed by atoms with van der Waals surface area (Å²) in [6.45, 7) is 13.0. The van der Waals surface area contributed by atoms with Gasteiger partial charge in [0.15, 0.2) is 19.1 Å². The summed E-state index contributed by atoms with van der Waals surface area (Å²) in [7, 11) is -1.93. The Bertz CT molecular complexity index is 778. The van der Waals surface area contributed by atoms with E-state index in [0.717, 1.165) is 0 Å². The summed E-state index contributed by atoms with van der Waals surface area (Å²) in [5.41, 5.74) is 6.68. The van der Waals surface area contributed by atoms with Crippen LogP contribution in [0.2, 0.25) is 23.3 Å². The minimum absolute atomic E-state index is 0.0732. The van der Waals surface area contributed by atoms with E-state index in [2.05, 4.69) is 48.8 Å². The quantitative estimate of drug-likeness (QED) is 0.502. The second kappa shape index (κ2) is 8.40. The monoisotopic (exact) mass is 415 g/mol. The number of anilines is 1. The lowest BCUT2D eigenvalue weighted by atomic mass is 10.2. The lowest BCUT2D eigenvalue weighted by molar-refractivity contribution is -0.0913. The van der Waals surface area contributed by atoms with Crippen LogP contribution in [0.4, 0.5) is 5.95 Å². The molecule has 2 atom stereocenters. The van der Waals surface area contributed by atoms with E-state index in [0.29, 0.717) is 24.2 Å². The molecule has 2 aromatic heterocycles. The van der Waals surface area contributed by atoms with Crippen molar-refractivity contribution < 1.29 is 14.3 Å². The van der Waals surface area contributed by atoms with E-state index in [-0.39, 0.29) is 29.0 Å². The van der Waals surface area contributed by atoms with Crippen LogP contribution in [0, 0.1) is 0 Å². The summed E-state index contributed by atoms with van der Waals surface area (Å²) in [5, 5.41) is 10.1. The van der Waals surface area contributed by atoms with Gasteiger partial charge in [0.25, 0.3) is 0 Å². The smallest absolute Gasteiger partial charge is 0.223 e. The van der Waals surface area contributed by atoms with Crippen molar-refractivity contribution in [1.82, 2.24) is 19.5 Å². The molecule has 2 rings (SSSR count). The van der Waals surface area contributed by atoms with E-state index in [1.165, 1.54) is 0 Å². The Morgan fingerprint density at radius 2 is 2.00 bits per heavy atom. The Morgan fingerprint density at radius 1 is 1.33 bits per heavy atom. The summed E-state index contributed by atoms with van der Waals surface area (Å²) in [6.07, 6.45) is 1.39. The van der Waals surface area contributed by atoms with Crippen molar-refractivity contribution in [1.29, 1.82) is 0 Å². The SMILES string of the molecule is CC[C@@H](O[C@@H](CO)CO[Si](C)(C)C(C)(C)C)n1cnc2c(Cl)nc(N)nc21. The van der Waals surface area contributed by atoms with Gasteiger partial charge in [0.05, 0.1) is 19.5 Å². The molecule has 0 saturated heterocycles. The molecule has 152 valence electrons. The highest BCUT2D eigenvalue weighted by Crippen LogP contribution is 2.36. The van der Waals surface area contributed by atoms with Gasteiger partial charge in [0.1, 0.15) is 17.8 Å². The molecule has 3 N–H and O–H groups in total. The van der Waals surface area contributed by atoms with Gasteiger partial charge in [0, 0.05) is 0 Å². The Kier molecular flexibility index (Phi) is 6.85. The molecule has 0 saturated carbocycles. The third-order valence-electron chi connectivity index (χ3n) is 5.05. The van der Waals surface area contributed by atoms with Crippen LogP contribution in [0.3, 0.4) is 0 Å². The van der Waals surface area contributed by atoms with Crippen LogP contribution in [0.25, 0.3) is 11.2 Å². The molecule has 0 aromatic carbocycles. The summed E-state index contributed by atoms with van der Waals surface area (Å²) in [4.78, 5) is 12.4. The topological polar surface area (TPSA) is 108 Å². The van der Waals surface area contributed by atoms with Crippen LogP contribution in [0.15, 0.2) is 6.33 Å². The van der Waals surface area contributed by atoms with E-state index < -0.39 is 14.4 Å². The van der Waals surface area contributed by atoms with Gasteiger partial charge >= 0.3 is 0 Å². The number of ether oxygens (including phenoxy) is 1. The lowest BCUT2D eigenvalue weighted by Gasteiger charge is -2.37. The van der Waals surface area contributed by atoms with Gasteiger partial charge in [-0.3, -0.25) is 4.57 Å². The lowest BCUT2D eigenvalue weighted by Crippen LogP contribution is -2.43. The summed E-state index contributed by atoms with van der Waals surface area (Å²) < 4.78 is 14.1. The fourth-order valence-corrected chi connectivity index (χ4v) is 3.60. The summed E-state index contributed by atoms with van der Waals surface area (Å²) in [6, 6.07) is 0. The zero-order chi connectivity index (χ0) is 20.4. The molecule has 27 heavy (non-hydrogen) atoms. The molecule has 10 heteroatoms. The fraction of sp³-hybridized carbons (Fsp3) is 0.706. The second-order valence-corrected chi connectivity index (χ2v) is 13.2. The number of nitrogen functional groups attached to an aromatic ring is 1. The third kappa shape index (κ3) is 4.97. The molecule has 2 aromatic rings. The Morgan fingerprint density at radius 3 is 2.56 bits per heavy atom. The molecule has 0 fully saturated rings. The van der Waals surface area contributed by atoms with Crippen molar-refractivity contribution in [3.63, 3.8) is 0 Å². The van der Waals surface area contributed by atoms with Gasteiger partial charge in [-0.2, -0.15) is 9.97 Å². The van der Waals surface area contributed by atoms with Gasteiger partial charge in [-0.1, -0.05) is 39.3 Å². The number of aliphatic hydroxyl groups is 1. The average molecular weight is 416 g/mol. The van der Waals surface area contributed by atoms with Gasteiger partial charge in [-0.25, -0.2) is 4.98 Å². The number of hydrogen-bond acceptors (Lipinski definition) is 7. The summed E-state index contributed by atoms with van der Waals surface area (Å²) in [5.74, 6) is 0.0732. The van der Waals surface area contributed by atoms with Crippen molar-refractivity contribution >= 4 is 37.0 Å². The molecule has 0 aliphatic rings. The predicted molar refractivity (Wildman–Crippen MR) is 109 cm³/mol. The number of aliphatic hydroxyl groups excluding tert-OH is 1. The Hall–Kier alpha value is -1.26. The standard InChI is InChI=1S/C17H30ClN5O3Si/c1-7-12(23-10-20-13-14(18)21-16(19)22-15(13)23)26-11(8-24)9-25-27(5,6)17(2,3)4/h10-12,24H,7-9H2,1-6H3,(H2,19,21,22)/t11-,12+/m0/s1. The average Bonchev–Trinajstić information content (AvgIpc) is 2.98. The number of rotatable bonds is 8. The highest BCUT2D eigenvalue weighted by molar-refractivity contribution is 6.74. The highest BCUT2D eigenvalue weighted by atomic mass is 35.5. The van der Waals surface area contributed by atoms with Gasteiger partial charge in [-0.15, -0.1) is 0 Å². The first-order valence-electron chi connectivity index (χ1n) is 9.06. The van der Waals surface area contributed by atoms with Gasteiger partial charge in [-0.05, 0) is 24.6 Å². The second-order valence-electron chi connectivity index (χ2n) is 8.07. The van der Waals surface area contributed by atoms with Crippen molar-refractivity contribution in [2.24, 2.45) is 0 Å². The number of halogens is 1. The number of imidazole rings is 1. The normalized spacial score (nSPS) is 15.3. The molecule has 0 amide bonds. The van der Waals surface area contributed by atoms with E-state index in [1.54, 1.807) is 10.9 Å². The van der Waals surface area contributed by atoms with Crippen LogP contribution in [-0.2, 0) is 9.16 Å². The third-order valence-corrected chi connectivity index (χ3v) is 9.81. The molecule has 0 aliphatic heterocycles. The van der Waals surface area contributed by atoms with E-state index >= 15 is 0 Å². The first kappa shape index (κ1) is 22.0. The Labute approximate surface area is 166 Å². The summed E-state index contributed by atoms with van der Waals surface area (Å²) >= 11 is 6.10. The molecule has 2 heterocycles. The van der Waals surface area contributed by atoms with Crippen molar-refractivity contribution in [3.8, 4) is 0 Å². The number of hydrogen-bond donors (Lipinski definition) is 2. The Balaban J connectivity index is 2.18. The van der Waals surface area contributed by atoms with Crippen LogP contribution < -0.4 is 5.73 Å². The number of aromatic nitrogens is 4. The molecule has 0 radical (unpaired) electrons. The van der Waals surface area contributed by atoms with E-state index in [1.807, 2.05) is 6.92 Å². The molecule has 0 unspecified atom stereocenters. The minimum Gasteiger partial charge on any atom is -0.414 e. The number of nitrogens with zero attached hydrogens (tertiary/aromatic N) is 4. The van der Waals surface area contributed by atoms with E-state index in [4.69, 9.17) is 26.5 Å². The van der Waals surface area contributed by atoms with E-state index in [9.17, 15) is 5.11 Å². The molecular formula is C17H30ClN5O3Si. The molecule has 0 spiro atoms. The zero-order valence-electron chi connectivity index (χ0n) is 16.9. The van der Waals surface area contributed by atoms with Crippen molar-refractivity contribution in [3.05, 3.63) is 11.5 Å². The van der Waals surface area contributed by atoms with Crippen LogP contribution in [0.5, 0.6) is 0 Å². The van der Waals surface area contributed by atoms with Crippen LogP contribution in [0.1, 0.15) is 40.3 Å².